The molecule has 0 aliphatic heterocycles. The van der Waals surface area contributed by atoms with Crippen molar-refractivity contribution in [3.8, 4) is 11.8 Å². The highest BCUT2D eigenvalue weighted by Crippen LogP contribution is 2.29. The number of nitrogens with one attached hydrogen (secondary N) is 1. The molecule has 1 unspecified atom stereocenters. The predicted molar refractivity (Wildman–Crippen MR) is 74.6 cm³/mol. The fourth-order valence-corrected chi connectivity index (χ4v) is 2.29. The molecule has 1 aromatic rings. The summed E-state index contributed by atoms with van der Waals surface area (Å²) in [6.07, 6.45) is 3.50. The second kappa shape index (κ2) is 6.53. The lowest BCUT2D eigenvalue weighted by Gasteiger charge is -2.31. The Bertz CT molecular complexity index is 555. The van der Waals surface area contributed by atoms with Crippen LogP contribution in [-0.2, 0) is 0 Å². The fraction of sp³-hybridized carbons (Fsp3) is 0.438. The van der Waals surface area contributed by atoms with Crippen LogP contribution in [-0.4, -0.2) is 23.7 Å². The van der Waals surface area contributed by atoms with E-state index in [4.69, 9.17) is 5.11 Å². The molecule has 1 aromatic carbocycles. The van der Waals surface area contributed by atoms with Gasteiger partial charge in [0, 0.05) is 11.6 Å². The van der Waals surface area contributed by atoms with Gasteiger partial charge in [-0.15, -0.1) is 0 Å². The number of hydrogen-bond acceptors (Lipinski definition) is 2. The molecule has 0 spiro atoms. The van der Waals surface area contributed by atoms with Gasteiger partial charge in [-0.25, -0.2) is 4.39 Å². The Morgan fingerprint density at radius 2 is 2.30 bits per heavy atom. The van der Waals surface area contributed by atoms with Crippen LogP contribution in [0.1, 0.15) is 42.1 Å². The van der Waals surface area contributed by atoms with E-state index in [2.05, 4.69) is 17.2 Å². The van der Waals surface area contributed by atoms with Crippen LogP contribution >= 0.6 is 0 Å². The molecule has 0 heterocycles. The maximum Gasteiger partial charge on any atom is 0.252 e. The van der Waals surface area contributed by atoms with Crippen molar-refractivity contribution in [3.05, 3.63) is 35.1 Å². The monoisotopic (exact) mass is 275 g/mol. The first-order valence-electron chi connectivity index (χ1n) is 6.82. The van der Waals surface area contributed by atoms with Crippen LogP contribution in [0.3, 0.4) is 0 Å². The Morgan fingerprint density at radius 1 is 1.55 bits per heavy atom. The zero-order valence-corrected chi connectivity index (χ0v) is 11.4. The normalized spacial score (nSPS) is 15.8. The molecule has 20 heavy (non-hydrogen) atoms. The second-order valence-electron chi connectivity index (χ2n) is 5.10. The van der Waals surface area contributed by atoms with Crippen molar-refractivity contribution in [2.75, 3.05) is 6.61 Å². The minimum absolute atomic E-state index is 0.111. The Balaban J connectivity index is 2.15. The number of benzene rings is 1. The summed E-state index contributed by atoms with van der Waals surface area (Å²) >= 11 is 0. The standard InChI is InChI=1S/C16H18FNO2/c1-11(12-4-2-5-12)18-16(20)15-8-7-14(17)10-13(15)6-3-9-19/h7-8,10-12,19H,2,4-5,9H2,1H3,(H,18,20). The van der Waals surface area contributed by atoms with Crippen LogP contribution in [0.15, 0.2) is 18.2 Å². The topological polar surface area (TPSA) is 49.3 Å². The van der Waals surface area contributed by atoms with Gasteiger partial charge in [-0.2, -0.15) is 0 Å². The number of carbonyl (C=O) groups excluding carboxylic acids is 1. The maximum absolute atomic E-state index is 13.2. The van der Waals surface area contributed by atoms with E-state index in [0.717, 1.165) is 12.8 Å². The van der Waals surface area contributed by atoms with Gasteiger partial charge in [0.1, 0.15) is 12.4 Å². The summed E-state index contributed by atoms with van der Waals surface area (Å²) < 4.78 is 13.2. The molecule has 1 atom stereocenters. The summed E-state index contributed by atoms with van der Waals surface area (Å²) in [5, 5.41) is 11.7. The summed E-state index contributed by atoms with van der Waals surface area (Å²) in [6.45, 7) is 1.67. The molecule has 1 aliphatic rings. The van der Waals surface area contributed by atoms with Gasteiger partial charge in [0.2, 0.25) is 0 Å². The van der Waals surface area contributed by atoms with Gasteiger partial charge in [0.25, 0.3) is 5.91 Å². The van der Waals surface area contributed by atoms with Gasteiger partial charge in [0.05, 0.1) is 5.56 Å². The molecule has 4 heteroatoms. The number of carbonyl (C=O) groups is 1. The minimum Gasteiger partial charge on any atom is -0.384 e. The predicted octanol–water partition coefficient (Wildman–Crippen LogP) is 2.09. The average Bonchev–Trinajstić information content (AvgIpc) is 2.33. The second-order valence-corrected chi connectivity index (χ2v) is 5.10. The molecule has 0 saturated heterocycles. The molecule has 1 amide bonds. The fourth-order valence-electron chi connectivity index (χ4n) is 2.29. The summed E-state index contributed by atoms with van der Waals surface area (Å²) in [5.74, 6) is 4.90. The van der Waals surface area contributed by atoms with Gasteiger partial charge in [-0.1, -0.05) is 18.3 Å². The van der Waals surface area contributed by atoms with Crippen molar-refractivity contribution in [1.82, 2.24) is 5.32 Å². The van der Waals surface area contributed by atoms with Crippen molar-refractivity contribution < 1.29 is 14.3 Å². The van der Waals surface area contributed by atoms with Crippen molar-refractivity contribution in [1.29, 1.82) is 0 Å². The van der Waals surface area contributed by atoms with Crippen molar-refractivity contribution in [3.63, 3.8) is 0 Å². The Hall–Kier alpha value is -1.86. The van der Waals surface area contributed by atoms with Crippen LogP contribution in [0, 0.1) is 23.6 Å². The van der Waals surface area contributed by atoms with E-state index < -0.39 is 5.82 Å². The van der Waals surface area contributed by atoms with Gasteiger partial charge < -0.3 is 10.4 Å². The number of halogens is 1. The van der Waals surface area contributed by atoms with E-state index in [9.17, 15) is 9.18 Å². The molecule has 1 fully saturated rings. The maximum atomic E-state index is 13.2. The first-order chi connectivity index (χ1) is 9.61. The van der Waals surface area contributed by atoms with E-state index in [1.54, 1.807) is 0 Å². The highest BCUT2D eigenvalue weighted by atomic mass is 19.1. The summed E-state index contributed by atoms with van der Waals surface area (Å²) in [4.78, 5) is 12.2. The molecule has 3 nitrogen and oxygen atoms in total. The van der Waals surface area contributed by atoms with E-state index in [1.807, 2.05) is 6.92 Å². The lowest BCUT2D eigenvalue weighted by Crippen LogP contribution is -2.40. The lowest BCUT2D eigenvalue weighted by molar-refractivity contribution is 0.0909. The average molecular weight is 275 g/mol. The third-order valence-corrected chi connectivity index (χ3v) is 3.74. The number of amides is 1. The smallest absolute Gasteiger partial charge is 0.252 e. The third-order valence-electron chi connectivity index (χ3n) is 3.74. The minimum atomic E-state index is -0.448. The third kappa shape index (κ3) is 3.37. The molecular formula is C16H18FNO2. The zero-order chi connectivity index (χ0) is 14.5. The van der Waals surface area contributed by atoms with Gasteiger partial charge in [0.15, 0.2) is 0 Å². The van der Waals surface area contributed by atoms with Crippen molar-refractivity contribution in [2.24, 2.45) is 5.92 Å². The molecule has 2 N–H and O–H groups in total. The molecular weight excluding hydrogens is 257 g/mol. The Morgan fingerprint density at radius 3 is 2.90 bits per heavy atom. The summed E-state index contributed by atoms with van der Waals surface area (Å²) in [5.41, 5.74) is 0.649. The highest BCUT2D eigenvalue weighted by molar-refractivity contribution is 5.96. The van der Waals surface area contributed by atoms with E-state index in [1.165, 1.54) is 24.6 Å². The molecule has 1 aliphatic carbocycles. The molecule has 0 aromatic heterocycles. The van der Waals surface area contributed by atoms with Crippen LogP contribution < -0.4 is 5.32 Å². The number of aliphatic hydroxyl groups is 1. The molecule has 106 valence electrons. The van der Waals surface area contributed by atoms with Crippen LogP contribution in [0.4, 0.5) is 4.39 Å². The van der Waals surface area contributed by atoms with Crippen molar-refractivity contribution >= 4 is 5.91 Å². The van der Waals surface area contributed by atoms with Crippen LogP contribution in [0.2, 0.25) is 0 Å². The number of hydrogen-bond donors (Lipinski definition) is 2. The SMILES string of the molecule is CC(NC(=O)c1ccc(F)cc1C#CCO)C1CCC1. The first-order valence-corrected chi connectivity index (χ1v) is 6.82. The largest absolute Gasteiger partial charge is 0.384 e. The van der Waals surface area contributed by atoms with Crippen LogP contribution in [0.5, 0.6) is 0 Å². The summed E-state index contributed by atoms with van der Waals surface area (Å²) in [6, 6.07) is 4.00. The van der Waals surface area contributed by atoms with Gasteiger partial charge in [-0.05, 0) is 43.9 Å². The molecule has 0 bridgehead atoms. The van der Waals surface area contributed by atoms with Gasteiger partial charge >= 0.3 is 0 Å². The highest BCUT2D eigenvalue weighted by Gasteiger charge is 2.25. The van der Waals surface area contributed by atoms with Gasteiger partial charge in [-0.3, -0.25) is 4.79 Å². The Labute approximate surface area is 118 Å². The van der Waals surface area contributed by atoms with E-state index in [0.29, 0.717) is 17.0 Å². The van der Waals surface area contributed by atoms with E-state index in [-0.39, 0.29) is 18.6 Å². The Kier molecular flexibility index (Phi) is 4.75. The van der Waals surface area contributed by atoms with Crippen LogP contribution in [0.25, 0.3) is 0 Å². The quantitative estimate of drug-likeness (QED) is 0.830. The molecule has 1 saturated carbocycles. The first kappa shape index (κ1) is 14.5. The summed E-state index contributed by atoms with van der Waals surface area (Å²) in [7, 11) is 0. The number of aliphatic hydroxyl groups excluding tert-OH is 1. The lowest BCUT2D eigenvalue weighted by atomic mass is 9.80. The number of rotatable bonds is 3. The van der Waals surface area contributed by atoms with Crippen molar-refractivity contribution in [2.45, 2.75) is 32.2 Å². The molecule has 2 rings (SSSR count). The van der Waals surface area contributed by atoms with E-state index >= 15 is 0 Å². The zero-order valence-electron chi connectivity index (χ0n) is 11.4. The molecule has 0 radical (unpaired) electrons.